The van der Waals surface area contributed by atoms with Gasteiger partial charge in [-0.3, -0.25) is 14.5 Å². The first-order valence-corrected chi connectivity index (χ1v) is 11.2. The molecule has 1 aliphatic heterocycles. The standard InChI is InChI=1S/C22H24N2O4S/c1-14(2)16-6-4-15(5-7-16)13-24(17-8-9-17)29(27,28)18-10-11-19-20(12-18)22(26)23(3)21(19)25/h4-7,10-12,14,17H,8-9,13H2,1-3H3. The Morgan fingerprint density at radius 3 is 2.21 bits per heavy atom. The van der Waals surface area contributed by atoms with Gasteiger partial charge < -0.3 is 0 Å². The molecule has 0 saturated heterocycles. The molecule has 4 rings (SSSR count). The van der Waals surface area contributed by atoms with Gasteiger partial charge in [0.25, 0.3) is 11.8 Å². The van der Waals surface area contributed by atoms with Crippen LogP contribution < -0.4 is 0 Å². The second-order valence-electron chi connectivity index (χ2n) is 8.05. The maximum atomic E-state index is 13.4. The number of nitrogens with zero attached hydrogens (tertiary/aromatic N) is 2. The average Bonchev–Trinajstić information content (AvgIpc) is 3.52. The Bertz CT molecular complexity index is 1090. The molecule has 0 unspecified atom stereocenters. The molecule has 2 aromatic carbocycles. The fraction of sp³-hybridized carbons (Fsp3) is 0.364. The summed E-state index contributed by atoms with van der Waals surface area (Å²) in [6.45, 7) is 4.52. The van der Waals surface area contributed by atoms with Crippen molar-refractivity contribution >= 4 is 21.8 Å². The summed E-state index contributed by atoms with van der Waals surface area (Å²) < 4.78 is 28.3. The lowest BCUT2D eigenvalue weighted by Crippen LogP contribution is -2.32. The molecule has 0 N–H and O–H groups in total. The van der Waals surface area contributed by atoms with E-state index in [-0.39, 0.29) is 28.6 Å². The molecule has 6 nitrogen and oxygen atoms in total. The number of sulfonamides is 1. The first-order valence-electron chi connectivity index (χ1n) is 9.77. The summed E-state index contributed by atoms with van der Waals surface area (Å²) in [6.07, 6.45) is 1.66. The molecular weight excluding hydrogens is 388 g/mol. The van der Waals surface area contributed by atoms with Crippen molar-refractivity contribution in [3.63, 3.8) is 0 Å². The molecule has 7 heteroatoms. The van der Waals surface area contributed by atoms with Crippen molar-refractivity contribution in [2.24, 2.45) is 0 Å². The predicted octanol–water partition coefficient (Wildman–Crippen LogP) is 3.39. The van der Waals surface area contributed by atoms with Crippen molar-refractivity contribution in [1.82, 2.24) is 9.21 Å². The Hall–Kier alpha value is -2.51. The van der Waals surface area contributed by atoms with Gasteiger partial charge in [-0.15, -0.1) is 0 Å². The number of imide groups is 1. The Morgan fingerprint density at radius 1 is 1.00 bits per heavy atom. The monoisotopic (exact) mass is 412 g/mol. The van der Waals surface area contributed by atoms with Crippen LogP contribution in [0.25, 0.3) is 0 Å². The molecule has 152 valence electrons. The average molecular weight is 413 g/mol. The number of carbonyl (C=O) groups excluding carboxylic acids is 2. The van der Waals surface area contributed by atoms with Crippen LogP contribution in [-0.2, 0) is 16.6 Å². The van der Waals surface area contributed by atoms with E-state index in [0.717, 1.165) is 23.3 Å². The smallest absolute Gasteiger partial charge is 0.261 e. The second-order valence-corrected chi connectivity index (χ2v) is 9.94. The number of benzene rings is 2. The van der Waals surface area contributed by atoms with Gasteiger partial charge in [-0.05, 0) is 48.1 Å². The van der Waals surface area contributed by atoms with E-state index in [1.165, 1.54) is 35.1 Å². The minimum Gasteiger partial charge on any atom is -0.277 e. The summed E-state index contributed by atoms with van der Waals surface area (Å²) in [5.74, 6) is -0.459. The van der Waals surface area contributed by atoms with Crippen molar-refractivity contribution < 1.29 is 18.0 Å². The molecule has 1 heterocycles. The molecule has 29 heavy (non-hydrogen) atoms. The second kappa shape index (κ2) is 7.07. The first-order chi connectivity index (χ1) is 13.7. The highest BCUT2D eigenvalue weighted by atomic mass is 32.2. The van der Waals surface area contributed by atoms with Crippen LogP contribution in [-0.4, -0.2) is 42.5 Å². The third-order valence-electron chi connectivity index (χ3n) is 5.61. The maximum Gasteiger partial charge on any atom is 0.261 e. The van der Waals surface area contributed by atoms with Crippen LogP contribution in [0.5, 0.6) is 0 Å². The van der Waals surface area contributed by atoms with Crippen LogP contribution in [0.1, 0.15) is 64.4 Å². The van der Waals surface area contributed by atoms with Gasteiger partial charge in [0.05, 0.1) is 16.0 Å². The summed E-state index contributed by atoms with van der Waals surface area (Å²) in [5, 5.41) is 0. The maximum absolute atomic E-state index is 13.4. The summed E-state index contributed by atoms with van der Waals surface area (Å²) in [6, 6.07) is 12.2. The number of fused-ring (bicyclic) bond motifs is 1. The Kier molecular flexibility index (Phi) is 4.83. The molecule has 0 aromatic heterocycles. The van der Waals surface area contributed by atoms with Crippen LogP contribution in [0.3, 0.4) is 0 Å². The largest absolute Gasteiger partial charge is 0.277 e. The minimum absolute atomic E-state index is 0.0296. The molecule has 0 atom stereocenters. The highest BCUT2D eigenvalue weighted by Gasteiger charge is 2.40. The summed E-state index contributed by atoms with van der Waals surface area (Å²) in [7, 11) is -2.39. The van der Waals surface area contributed by atoms with Crippen molar-refractivity contribution in [3.8, 4) is 0 Å². The minimum atomic E-state index is -3.79. The Labute approximate surface area is 171 Å². The summed E-state index contributed by atoms with van der Waals surface area (Å²) in [4.78, 5) is 25.4. The van der Waals surface area contributed by atoms with Gasteiger partial charge in [-0.2, -0.15) is 4.31 Å². The molecule has 2 aromatic rings. The van der Waals surface area contributed by atoms with Crippen molar-refractivity contribution in [1.29, 1.82) is 0 Å². The molecule has 1 fully saturated rings. The van der Waals surface area contributed by atoms with Crippen molar-refractivity contribution in [2.75, 3.05) is 7.05 Å². The predicted molar refractivity (Wildman–Crippen MR) is 109 cm³/mol. The molecule has 0 radical (unpaired) electrons. The molecule has 0 spiro atoms. The molecule has 0 bridgehead atoms. The number of amides is 2. The van der Waals surface area contributed by atoms with Crippen molar-refractivity contribution in [2.45, 2.75) is 50.1 Å². The van der Waals surface area contributed by atoms with Crippen LogP contribution in [0.4, 0.5) is 0 Å². The zero-order valence-corrected chi connectivity index (χ0v) is 17.6. The van der Waals surface area contributed by atoms with E-state index >= 15 is 0 Å². The fourth-order valence-electron chi connectivity index (χ4n) is 3.60. The van der Waals surface area contributed by atoms with E-state index in [0.29, 0.717) is 5.92 Å². The van der Waals surface area contributed by atoms with Gasteiger partial charge in [0.1, 0.15) is 0 Å². The molecule has 2 aliphatic rings. The van der Waals surface area contributed by atoms with E-state index < -0.39 is 21.8 Å². The van der Waals surface area contributed by atoms with E-state index in [2.05, 4.69) is 13.8 Å². The first kappa shape index (κ1) is 19.8. The number of carbonyl (C=O) groups is 2. The number of rotatable bonds is 6. The Balaban J connectivity index is 1.66. The quantitative estimate of drug-likeness (QED) is 0.682. The lowest BCUT2D eigenvalue weighted by molar-refractivity contribution is 0.0693. The van der Waals surface area contributed by atoms with E-state index in [9.17, 15) is 18.0 Å². The highest BCUT2D eigenvalue weighted by molar-refractivity contribution is 7.89. The van der Waals surface area contributed by atoms with Gasteiger partial charge in [0.15, 0.2) is 0 Å². The lowest BCUT2D eigenvalue weighted by Gasteiger charge is -2.22. The van der Waals surface area contributed by atoms with Gasteiger partial charge in [-0.25, -0.2) is 8.42 Å². The molecule has 2 amide bonds. The SMILES string of the molecule is CC(C)c1ccc(CN(C2CC2)S(=O)(=O)c2ccc3c(c2)C(=O)N(C)C3=O)cc1. The van der Waals surface area contributed by atoms with E-state index in [4.69, 9.17) is 0 Å². The topological polar surface area (TPSA) is 74.8 Å². The van der Waals surface area contributed by atoms with Gasteiger partial charge in [-0.1, -0.05) is 38.1 Å². The normalized spacial score (nSPS) is 16.8. The van der Waals surface area contributed by atoms with Crippen molar-refractivity contribution in [3.05, 3.63) is 64.7 Å². The zero-order valence-electron chi connectivity index (χ0n) is 16.8. The molecular formula is C22H24N2O4S. The summed E-state index contributed by atoms with van der Waals surface area (Å²) >= 11 is 0. The lowest BCUT2D eigenvalue weighted by atomic mass is 10.0. The van der Waals surface area contributed by atoms with Gasteiger partial charge in [0, 0.05) is 19.6 Å². The number of hydrogen-bond donors (Lipinski definition) is 0. The van der Waals surface area contributed by atoms with Gasteiger partial charge in [0.2, 0.25) is 10.0 Å². The third-order valence-corrected chi connectivity index (χ3v) is 7.50. The van der Waals surface area contributed by atoms with E-state index in [1.807, 2.05) is 24.3 Å². The molecule has 1 aliphatic carbocycles. The number of hydrogen-bond acceptors (Lipinski definition) is 4. The molecule has 1 saturated carbocycles. The van der Waals surface area contributed by atoms with Crippen LogP contribution in [0.15, 0.2) is 47.4 Å². The van der Waals surface area contributed by atoms with Crippen LogP contribution in [0, 0.1) is 0 Å². The van der Waals surface area contributed by atoms with Gasteiger partial charge >= 0.3 is 0 Å². The van der Waals surface area contributed by atoms with Crippen LogP contribution >= 0.6 is 0 Å². The fourth-order valence-corrected chi connectivity index (χ4v) is 5.30. The van der Waals surface area contributed by atoms with E-state index in [1.54, 1.807) is 0 Å². The zero-order chi connectivity index (χ0) is 20.9. The highest BCUT2D eigenvalue weighted by Crippen LogP contribution is 2.35. The Morgan fingerprint density at radius 2 is 1.62 bits per heavy atom. The van der Waals surface area contributed by atoms with Crippen LogP contribution in [0.2, 0.25) is 0 Å². The third kappa shape index (κ3) is 3.49. The summed E-state index contributed by atoms with van der Waals surface area (Å²) in [5.41, 5.74) is 2.53.